The maximum absolute atomic E-state index is 9.44. The van der Waals surface area contributed by atoms with Crippen molar-refractivity contribution >= 4 is 11.8 Å². The minimum Gasteiger partial charge on any atom is -0.394 e. The van der Waals surface area contributed by atoms with Gasteiger partial charge in [-0.3, -0.25) is 0 Å². The quantitative estimate of drug-likeness (QED) is 0.842. The van der Waals surface area contributed by atoms with Crippen molar-refractivity contribution in [3.05, 3.63) is 35.9 Å². The van der Waals surface area contributed by atoms with E-state index < -0.39 is 0 Å². The van der Waals surface area contributed by atoms with E-state index in [2.05, 4.69) is 17.4 Å². The lowest BCUT2D eigenvalue weighted by atomic mass is 10.0. The highest BCUT2D eigenvalue weighted by atomic mass is 32.2. The third kappa shape index (κ3) is 3.24. The summed E-state index contributed by atoms with van der Waals surface area (Å²) < 4.78 is 0. The largest absolute Gasteiger partial charge is 0.394 e. The molecule has 2 N–H and O–H groups in total. The summed E-state index contributed by atoms with van der Waals surface area (Å²) in [7, 11) is 0. The van der Waals surface area contributed by atoms with Crippen molar-refractivity contribution in [2.24, 2.45) is 0 Å². The van der Waals surface area contributed by atoms with E-state index in [-0.39, 0.29) is 12.6 Å². The lowest BCUT2D eigenvalue weighted by Gasteiger charge is -2.27. The minimum absolute atomic E-state index is 0.0919. The zero-order valence-corrected chi connectivity index (χ0v) is 10.2. The first-order valence-corrected chi connectivity index (χ1v) is 7.05. The molecule has 0 aliphatic carbocycles. The van der Waals surface area contributed by atoms with Gasteiger partial charge in [-0.05, 0) is 29.9 Å². The molecule has 0 saturated carbocycles. The zero-order valence-electron chi connectivity index (χ0n) is 9.43. The Balaban J connectivity index is 1.94. The van der Waals surface area contributed by atoms with Crippen LogP contribution in [0.3, 0.4) is 0 Å². The van der Waals surface area contributed by atoms with Crippen LogP contribution in [0, 0.1) is 0 Å². The lowest BCUT2D eigenvalue weighted by molar-refractivity contribution is 0.230. The highest BCUT2D eigenvalue weighted by molar-refractivity contribution is 7.99. The van der Waals surface area contributed by atoms with Crippen LogP contribution in [0.5, 0.6) is 0 Å². The first-order valence-electron chi connectivity index (χ1n) is 5.90. The van der Waals surface area contributed by atoms with Gasteiger partial charge in [0.25, 0.3) is 0 Å². The number of thioether (sulfide) groups is 1. The molecule has 3 heteroatoms. The van der Waals surface area contributed by atoms with E-state index >= 15 is 0 Å². The van der Waals surface area contributed by atoms with Crippen molar-refractivity contribution < 1.29 is 5.11 Å². The highest BCUT2D eigenvalue weighted by Crippen LogP contribution is 2.20. The van der Waals surface area contributed by atoms with Crippen molar-refractivity contribution in [3.8, 4) is 0 Å². The Bertz CT molecular complexity index is 298. The van der Waals surface area contributed by atoms with Crippen LogP contribution < -0.4 is 5.32 Å². The van der Waals surface area contributed by atoms with Gasteiger partial charge >= 0.3 is 0 Å². The molecule has 0 spiro atoms. The summed E-state index contributed by atoms with van der Waals surface area (Å²) in [5.74, 6) is 2.48. The molecule has 0 bridgehead atoms. The standard InChI is InChI=1S/C13H19NOS/c15-10-13(11-4-2-1-3-5-11)14-12-6-8-16-9-7-12/h1-5,12-15H,6-10H2/t13-/m0/s1. The molecular weight excluding hydrogens is 218 g/mol. The topological polar surface area (TPSA) is 32.3 Å². The van der Waals surface area contributed by atoms with Crippen molar-refractivity contribution in [3.63, 3.8) is 0 Å². The molecule has 0 unspecified atom stereocenters. The summed E-state index contributed by atoms with van der Waals surface area (Å²) in [6.45, 7) is 0.174. The van der Waals surface area contributed by atoms with Gasteiger partial charge in [-0.15, -0.1) is 0 Å². The second kappa shape index (κ2) is 6.28. The predicted octanol–water partition coefficient (Wildman–Crippen LogP) is 2.21. The minimum atomic E-state index is 0.0919. The molecule has 1 atom stereocenters. The Labute approximate surface area is 101 Å². The molecular formula is C13H19NOS. The molecule has 1 aliphatic rings. The molecule has 1 aromatic rings. The van der Waals surface area contributed by atoms with E-state index in [9.17, 15) is 5.11 Å². The van der Waals surface area contributed by atoms with Gasteiger partial charge in [0.15, 0.2) is 0 Å². The molecule has 1 aromatic carbocycles. The van der Waals surface area contributed by atoms with E-state index in [1.807, 2.05) is 30.0 Å². The molecule has 1 aliphatic heterocycles. The molecule has 2 nitrogen and oxygen atoms in total. The van der Waals surface area contributed by atoms with E-state index in [1.54, 1.807) is 0 Å². The Morgan fingerprint density at radius 3 is 2.56 bits per heavy atom. The molecule has 0 amide bonds. The van der Waals surface area contributed by atoms with Gasteiger partial charge in [-0.25, -0.2) is 0 Å². The number of hydrogen-bond donors (Lipinski definition) is 2. The van der Waals surface area contributed by atoms with Crippen LogP contribution in [0.2, 0.25) is 0 Å². The van der Waals surface area contributed by atoms with Gasteiger partial charge in [-0.1, -0.05) is 30.3 Å². The summed E-state index contributed by atoms with van der Waals surface area (Å²) in [5, 5.41) is 13.0. The molecule has 16 heavy (non-hydrogen) atoms. The first-order chi connectivity index (χ1) is 7.90. The van der Waals surface area contributed by atoms with Crippen LogP contribution in [0.4, 0.5) is 0 Å². The van der Waals surface area contributed by atoms with Gasteiger partial charge in [-0.2, -0.15) is 11.8 Å². The Kier molecular flexibility index (Phi) is 4.69. The summed E-state index contributed by atoms with van der Waals surface area (Å²) in [6, 6.07) is 10.9. The van der Waals surface area contributed by atoms with Crippen LogP contribution in [-0.2, 0) is 0 Å². The summed E-state index contributed by atoms with van der Waals surface area (Å²) in [4.78, 5) is 0. The van der Waals surface area contributed by atoms with Crippen molar-refractivity contribution in [1.29, 1.82) is 0 Å². The maximum atomic E-state index is 9.44. The Morgan fingerprint density at radius 1 is 1.25 bits per heavy atom. The van der Waals surface area contributed by atoms with Gasteiger partial charge in [0, 0.05) is 6.04 Å². The van der Waals surface area contributed by atoms with Gasteiger partial charge < -0.3 is 10.4 Å². The summed E-state index contributed by atoms with van der Waals surface area (Å²) >= 11 is 2.03. The fraction of sp³-hybridized carbons (Fsp3) is 0.538. The van der Waals surface area contributed by atoms with E-state index in [0.717, 1.165) is 0 Å². The summed E-state index contributed by atoms with van der Waals surface area (Å²) in [5.41, 5.74) is 1.18. The number of aliphatic hydroxyl groups excluding tert-OH is 1. The number of hydrogen-bond acceptors (Lipinski definition) is 3. The molecule has 0 radical (unpaired) electrons. The lowest BCUT2D eigenvalue weighted by Crippen LogP contribution is -2.37. The zero-order chi connectivity index (χ0) is 11.2. The van der Waals surface area contributed by atoms with Crippen molar-refractivity contribution in [2.75, 3.05) is 18.1 Å². The van der Waals surface area contributed by atoms with Crippen molar-refractivity contribution in [2.45, 2.75) is 24.9 Å². The maximum Gasteiger partial charge on any atom is 0.0626 e. The van der Waals surface area contributed by atoms with Gasteiger partial charge in [0.1, 0.15) is 0 Å². The fourth-order valence-corrected chi connectivity index (χ4v) is 3.19. The molecule has 1 heterocycles. The third-order valence-electron chi connectivity index (χ3n) is 3.04. The number of rotatable bonds is 4. The molecule has 1 saturated heterocycles. The average Bonchev–Trinajstić information content (AvgIpc) is 2.38. The van der Waals surface area contributed by atoms with Crippen molar-refractivity contribution in [1.82, 2.24) is 5.32 Å². The molecule has 2 rings (SSSR count). The van der Waals surface area contributed by atoms with E-state index in [0.29, 0.717) is 6.04 Å². The monoisotopic (exact) mass is 237 g/mol. The third-order valence-corrected chi connectivity index (χ3v) is 4.09. The van der Waals surface area contributed by atoms with Crippen LogP contribution >= 0.6 is 11.8 Å². The Morgan fingerprint density at radius 2 is 1.94 bits per heavy atom. The first kappa shape index (κ1) is 12.0. The predicted molar refractivity (Wildman–Crippen MR) is 69.8 cm³/mol. The highest BCUT2D eigenvalue weighted by Gasteiger charge is 2.18. The fourth-order valence-electron chi connectivity index (χ4n) is 2.09. The number of nitrogens with one attached hydrogen (secondary N) is 1. The Hall–Kier alpha value is -0.510. The van der Waals surface area contributed by atoms with Gasteiger partial charge in [0.05, 0.1) is 12.6 Å². The smallest absolute Gasteiger partial charge is 0.0626 e. The molecule has 88 valence electrons. The summed E-state index contributed by atoms with van der Waals surface area (Å²) in [6.07, 6.45) is 2.43. The van der Waals surface area contributed by atoms with Crippen LogP contribution in [0.1, 0.15) is 24.4 Å². The number of benzene rings is 1. The number of aliphatic hydroxyl groups is 1. The molecule has 1 fully saturated rings. The second-order valence-corrected chi connectivity index (χ2v) is 5.42. The molecule has 0 aromatic heterocycles. The second-order valence-electron chi connectivity index (χ2n) is 4.20. The van der Waals surface area contributed by atoms with Gasteiger partial charge in [0.2, 0.25) is 0 Å². The van der Waals surface area contributed by atoms with E-state index in [1.165, 1.54) is 29.9 Å². The van der Waals surface area contributed by atoms with Crippen LogP contribution in [-0.4, -0.2) is 29.3 Å². The average molecular weight is 237 g/mol. The normalized spacial score (nSPS) is 19.6. The van der Waals surface area contributed by atoms with Crippen LogP contribution in [0.15, 0.2) is 30.3 Å². The van der Waals surface area contributed by atoms with Crippen LogP contribution in [0.25, 0.3) is 0 Å². The van der Waals surface area contributed by atoms with E-state index in [4.69, 9.17) is 0 Å². The SMILES string of the molecule is OC[C@H](NC1CCSCC1)c1ccccc1.